The molecule has 2 fully saturated rings. The van der Waals surface area contributed by atoms with Crippen molar-refractivity contribution in [3.8, 4) is 11.1 Å². The Morgan fingerprint density at radius 1 is 1.02 bits per heavy atom. The highest BCUT2D eigenvalue weighted by Crippen LogP contribution is 2.36. The standard InChI is InChI=1S/C33H37F3N6O5S/c1-37-27-15-20(4-7-28(27)41-11-8-19(9-12-41)33(46-2)47-3)21-14-23-24(17-39-32(23)38-16-21)31(43)29-25(35)5-6-26(30(29)36)40-48(44,45)42-13-10-22(34)18-42/h4-7,14-17,19,22,33,37,40H,8-13,18H2,1-3H3,(H,38,39). The molecule has 0 amide bonds. The van der Waals surface area contributed by atoms with Gasteiger partial charge in [0.2, 0.25) is 5.78 Å². The number of methoxy groups -OCH3 is 2. The van der Waals surface area contributed by atoms with Gasteiger partial charge in [0.15, 0.2) is 12.1 Å². The molecule has 0 spiro atoms. The van der Waals surface area contributed by atoms with E-state index in [0.29, 0.717) is 22.5 Å². The monoisotopic (exact) mass is 686 g/mol. The maximum atomic E-state index is 15.7. The summed E-state index contributed by atoms with van der Waals surface area (Å²) >= 11 is 0. The van der Waals surface area contributed by atoms with Crippen LogP contribution in [0.4, 0.5) is 30.2 Å². The van der Waals surface area contributed by atoms with E-state index in [4.69, 9.17) is 9.47 Å². The average molecular weight is 687 g/mol. The van der Waals surface area contributed by atoms with Gasteiger partial charge in [0, 0.05) is 82.3 Å². The van der Waals surface area contributed by atoms with Gasteiger partial charge >= 0.3 is 10.2 Å². The SMILES string of the molecule is CNc1cc(-c2cnc3[nH]cc(C(=O)c4c(F)ccc(NS(=O)(=O)N5CCC(F)C5)c4F)c3c2)ccc1N1CCC(C(OC)OC)CC1. The van der Waals surface area contributed by atoms with Crippen molar-refractivity contribution in [3.05, 3.63) is 71.6 Å². The van der Waals surface area contributed by atoms with Crippen LogP contribution in [0, 0.1) is 17.6 Å². The number of ether oxygens (including phenoxy) is 2. The zero-order valence-electron chi connectivity index (χ0n) is 26.7. The lowest BCUT2D eigenvalue weighted by atomic mass is 9.95. The number of rotatable bonds is 11. The number of aromatic nitrogens is 2. The molecule has 15 heteroatoms. The van der Waals surface area contributed by atoms with Gasteiger partial charge in [-0.2, -0.15) is 12.7 Å². The number of nitrogens with zero attached hydrogens (tertiary/aromatic N) is 3. The summed E-state index contributed by atoms with van der Waals surface area (Å²) in [6, 6.07) is 9.36. The van der Waals surface area contributed by atoms with Gasteiger partial charge in [0.25, 0.3) is 0 Å². The van der Waals surface area contributed by atoms with E-state index in [9.17, 15) is 17.6 Å². The molecule has 2 aliphatic rings. The number of halogens is 3. The summed E-state index contributed by atoms with van der Waals surface area (Å²) in [5.74, 6) is -3.24. The average Bonchev–Trinajstić information content (AvgIpc) is 3.73. The molecule has 11 nitrogen and oxygen atoms in total. The summed E-state index contributed by atoms with van der Waals surface area (Å²) in [6.45, 7) is 1.19. The van der Waals surface area contributed by atoms with Crippen LogP contribution in [-0.2, 0) is 19.7 Å². The minimum atomic E-state index is -4.34. The van der Waals surface area contributed by atoms with Crippen LogP contribution in [0.2, 0.25) is 0 Å². The number of alkyl halides is 1. The number of pyridine rings is 1. The van der Waals surface area contributed by atoms with Crippen LogP contribution >= 0.6 is 0 Å². The topological polar surface area (TPSA) is 129 Å². The third-order valence-electron chi connectivity index (χ3n) is 9.10. The van der Waals surface area contributed by atoms with E-state index in [1.165, 1.54) is 6.20 Å². The van der Waals surface area contributed by atoms with E-state index in [1.54, 1.807) is 26.5 Å². The lowest BCUT2D eigenvalue weighted by Crippen LogP contribution is -2.39. The quantitative estimate of drug-likeness (QED) is 0.143. The fourth-order valence-electron chi connectivity index (χ4n) is 6.52. The second kappa shape index (κ2) is 13.7. The third kappa shape index (κ3) is 6.46. The van der Waals surface area contributed by atoms with Crippen molar-refractivity contribution < 1.29 is 35.9 Å². The molecule has 2 aliphatic heterocycles. The number of piperidine rings is 1. The van der Waals surface area contributed by atoms with Gasteiger partial charge in [0.1, 0.15) is 17.6 Å². The third-order valence-corrected chi connectivity index (χ3v) is 10.6. The predicted octanol–water partition coefficient (Wildman–Crippen LogP) is 5.32. The number of benzene rings is 2. The number of ketones is 1. The molecule has 6 rings (SSSR count). The van der Waals surface area contributed by atoms with Crippen molar-refractivity contribution in [3.63, 3.8) is 0 Å². The van der Waals surface area contributed by atoms with E-state index in [0.717, 1.165) is 59.3 Å². The number of carbonyl (C=O) groups excluding carboxylic acids is 1. The first-order valence-corrected chi connectivity index (χ1v) is 17.0. The van der Waals surface area contributed by atoms with Crippen LogP contribution in [-0.4, -0.2) is 88.4 Å². The van der Waals surface area contributed by atoms with Crippen molar-refractivity contribution >= 4 is 44.1 Å². The highest BCUT2D eigenvalue weighted by molar-refractivity contribution is 7.90. The second-order valence-corrected chi connectivity index (χ2v) is 13.6. The Labute approximate surface area is 276 Å². The minimum absolute atomic E-state index is 0.0113. The second-order valence-electron chi connectivity index (χ2n) is 11.9. The van der Waals surface area contributed by atoms with Crippen molar-refractivity contribution in [1.29, 1.82) is 0 Å². The summed E-state index contributed by atoms with van der Waals surface area (Å²) < 4.78 is 83.6. The molecule has 2 aromatic carbocycles. The Morgan fingerprint density at radius 2 is 1.77 bits per heavy atom. The minimum Gasteiger partial charge on any atom is -0.386 e. The maximum absolute atomic E-state index is 15.7. The number of aromatic amines is 1. The number of fused-ring (bicyclic) bond motifs is 1. The lowest BCUT2D eigenvalue weighted by molar-refractivity contribution is -0.141. The Balaban J connectivity index is 1.27. The van der Waals surface area contributed by atoms with Gasteiger partial charge in [0.05, 0.1) is 22.6 Å². The Morgan fingerprint density at radius 3 is 2.44 bits per heavy atom. The van der Waals surface area contributed by atoms with Crippen LogP contribution < -0.4 is 14.9 Å². The first kappa shape index (κ1) is 33.7. The Bertz CT molecular complexity index is 1930. The molecule has 0 aliphatic carbocycles. The summed E-state index contributed by atoms with van der Waals surface area (Å²) in [6.07, 6.45) is 3.22. The van der Waals surface area contributed by atoms with Gasteiger partial charge in [-0.3, -0.25) is 9.52 Å². The van der Waals surface area contributed by atoms with Gasteiger partial charge in [-0.05, 0) is 55.2 Å². The van der Waals surface area contributed by atoms with Crippen molar-refractivity contribution in [2.24, 2.45) is 5.92 Å². The lowest BCUT2D eigenvalue weighted by Gasteiger charge is -2.37. The maximum Gasteiger partial charge on any atom is 0.301 e. The molecule has 2 aromatic heterocycles. The molecule has 3 N–H and O–H groups in total. The molecule has 1 atom stereocenters. The molecular weight excluding hydrogens is 649 g/mol. The normalized spacial score (nSPS) is 17.8. The van der Waals surface area contributed by atoms with Crippen molar-refractivity contribution in [1.82, 2.24) is 14.3 Å². The number of nitrogens with one attached hydrogen (secondary N) is 3. The van der Waals surface area contributed by atoms with E-state index < -0.39 is 45.0 Å². The summed E-state index contributed by atoms with van der Waals surface area (Å²) in [7, 11) is 0.804. The number of H-pyrrole nitrogens is 1. The van der Waals surface area contributed by atoms with Crippen molar-refractivity contribution in [2.45, 2.75) is 31.7 Å². The summed E-state index contributed by atoms with van der Waals surface area (Å²) in [5.41, 5.74) is 2.13. The molecule has 0 saturated carbocycles. The van der Waals surface area contributed by atoms with E-state index in [2.05, 4.69) is 20.2 Å². The van der Waals surface area contributed by atoms with Gasteiger partial charge in [-0.15, -0.1) is 0 Å². The molecule has 1 unspecified atom stereocenters. The molecule has 4 heterocycles. The van der Waals surface area contributed by atoms with E-state index in [-0.39, 0.29) is 31.4 Å². The van der Waals surface area contributed by atoms with Crippen LogP contribution in [0.1, 0.15) is 35.2 Å². The molecule has 0 radical (unpaired) electrons. The summed E-state index contributed by atoms with van der Waals surface area (Å²) in [4.78, 5) is 23.3. The number of hydrogen-bond acceptors (Lipinski definition) is 8. The zero-order chi connectivity index (χ0) is 34.2. The van der Waals surface area contributed by atoms with Crippen LogP contribution in [0.15, 0.2) is 48.8 Å². The van der Waals surface area contributed by atoms with Crippen LogP contribution in [0.3, 0.4) is 0 Å². The summed E-state index contributed by atoms with van der Waals surface area (Å²) in [5, 5.41) is 3.60. The van der Waals surface area contributed by atoms with Crippen LogP contribution in [0.25, 0.3) is 22.2 Å². The Kier molecular flexibility index (Phi) is 9.65. The van der Waals surface area contributed by atoms with Gasteiger partial charge in [-0.1, -0.05) is 6.07 Å². The molecule has 48 heavy (non-hydrogen) atoms. The van der Waals surface area contributed by atoms with E-state index in [1.807, 2.05) is 30.0 Å². The first-order valence-electron chi connectivity index (χ1n) is 15.6. The fraction of sp³-hybridized carbons (Fsp3) is 0.394. The van der Waals surface area contributed by atoms with E-state index >= 15 is 8.78 Å². The number of carbonyl (C=O) groups is 1. The smallest absolute Gasteiger partial charge is 0.301 e. The van der Waals surface area contributed by atoms with Gasteiger partial charge in [-0.25, -0.2) is 18.2 Å². The zero-order valence-corrected chi connectivity index (χ0v) is 27.5. The fourth-order valence-corrected chi connectivity index (χ4v) is 7.79. The predicted molar refractivity (Wildman–Crippen MR) is 177 cm³/mol. The highest BCUT2D eigenvalue weighted by Gasteiger charge is 2.33. The molecule has 256 valence electrons. The Hall–Kier alpha value is -4.18. The molecule has 2 saturated heterocycles. The molecule has 4 aromatic rings. The molecule has 0 bridgehead atoms. The van der Waals surface area contributed by atoms with Crippen molar-refractivity contribution in [2.75, 3.05) is 62.4 Å². The molecular formula is C33H37F3N6O5S. The number of hydrogen-bond donors (Lipinski definition) is 3. The first-order chi connectivity index (χ1) is 23.0. The highest BCUT2D eigenvalue weighted by atomic mass is 32.2. The number of anilines is 3. The van der Waals surface area contributed by atoms with Gasteiger partial charge < -0.3 is 24.7 Å². The van der Waals surface area contributed by atoms with Crippen LogP contribution in [0.5, 0.6) is 0 Å². The largest absolute Gasteiger partial charge is 0.386 e.